The molecule has 1 heterocycles. The highest BCUT2D eigenvalue weighted by molar-refractivity contribution is 9.10. The molecule has 2 rings (SSSR count). The maximum Gasteiger partial charge on any atom is 0.226 e. The van der Waals surface area contributed by atoms with Gasteiger partial charge in [0.2, 0.25) is 5.91 Å². The minimum Gasteiger partial charge on any atom is -0.490 e. The van der Waals surface area contributed by atoms with E-state index < -0.39 is 5.82 Å². The molecule has 0 aliphatic carbocycles. The van der Waals surface area contributed by atoms with Crippen LogP contribution in [0.25, 0.3) is 0 Å². The summed E-state index contributed by atoms with van der Waals surface area (Å²) >= 11 is 3.18. The van der Waals surface area contributed by atoms with E-state index in [1.807, 2.05) is 4.90 Å². The molecular formula is C14H18BrFN2O2. The van der Waals surface area contributed by atoms with E-state index in [4.69, 9.17) is 4.74 Å². The number of amides is 1. The molecule has 0 spiro atoms. The van der Waals surface area contributed by atoms with Gasteiger partial charge in [0.15, 0.2) is 11.6 Å². The Balaban J connectivity index is 1.78. The van der Waals surface area contributed by atoms with Gasteiger partial charge in [0.05, 0.1) is 13.0 Å². The summed E-state index contributed by atoms with van der Waals surface area (Å²) in [6, 6.07) is 4.61. The molecule has 20 heavy (non-hydrogen) atoms. The fourth-order valence-corrected chi connectivity index (χ4v) is 2.43. The third-order valence-corrected chi connectivity index (χ3v) is 3.65. The van der Waals surface area contributed by atoms with Crippen LogP contribution in [0.4, 0.5) is 4.39 Å². The summed E-state index contributed by atoms with van der Waals surface area (Å²) in [5.41, 5.74) is 0. The normalized spacial score (nSPS) is 15.8. The number of rotatable bonds is 4. The Morgan fingerprint density at radius 3 is 3.05 bits per heavy atom. The smallest absolute Gasteiger partial charge is 0.226 e. The topological polar surface area (TPSA) is 41.6 Å². The highest BCUT2D eigenvalue weighted by Crippen LogP contribution is 2.21. The van der Waals surface area contributed by atoms with Crippen LogP contribution in [0, 0.1) is 5.82 Å². The van der Waals surface area contributed by atoms with Crippen molar-refractivity contribution in [2.75, 3.05) is 32.8 Å². The average Bonchev–Trinajstić information content (AvgIpc) is 2.70. The fourth-order valence-electron chi connectivity index (χ4n) is 2.09. The number of ether oxygens (including phenoxy) is 1. The van der Waals surface area contributed by atoms with Gasteiger partial charge >= 0.3 is 0 Å². The SMILES string of the molecule is O=C(CCOc1ccc(Br)cc1F)N1CCCNCC1. The number of hydrogen-bond donors (Lipinski definition) is 1. The first-order valence-electron chi connectivity index (χ1n) is 6.73. The van der Waals surface area contributed by atoms with E-state index in [0.29, 0.717) is 4.47 Å². The summed E-state index contributed by atoms with van der Waals surface area (Å²) in [5.74, 6) is -0.185. The van der Waals surface area contributed by atoms with Crippen LogP contribution in [0.2, 0.25) is 0 Å². The molecule has 0 aromatic heterocycles. The number of carbonyl (C=O) groups excluding carboxylic acids is 1. The molecule has 1 fully saturated rings. The van der Waals surface area contributed by atoms with Gasteiger partial charge in [0.1, 0.15) is 0 Å². The number of hydrogen-bond acceptors (Lipinski definition) is 3. The maximum atomic E-state index is 13.5. The van der Waals surface area contributed by atoms with Crippen LogP contribution in [-0.4, -0.2) is 43.6 Å². The molecule has 1 aliphatic rings. The van der Waals surface area contributed by atoms with Crippen LogP contribution >= 0.6 is 15.9 Å². The largest absolute Gasteiger partial charge is 0.490 e. The van der Waals surface area contributed by atoms with Crippen molar-refractivity contribution in [3.8, 4) is 5.75 Å². The zero-order valence-electron chi connectivity index (χ0n) is 11.2. The Hall–Kier alpha value is -1.14. The molecule has 0 saturated carbocycles. The van der Waals surface area contributed by atoms with Gasteiger partial charge in [-0.1, -0.05) is 15.9 Å². The van der Waals surface area contributed by atoms with Gasteiger partial charge < -0.3 is 15.0 Å². The zero-order chi connectivity index (χ0) is 14.4. The number of nitrogens with zero attached hydrogens (tertiary/aromatic N) is 1. The van der Waals surface area contributed by atoms with Crippen LogP contribution < -0.4 is 10.1 Å². The number of halogens is 2. The van der Waals surface area contributed by atoms with Crippen LogP contribution in [0.15, 0.2) is 22.7 Å². The first kappa shape index (κ1) is 15.3. The van der Waals surface area contributed by atoms with Crippen molar-refractivity contribution in [3.05, 3.63) is 28.5 Å². The Morgan fingerprint density at radius 1 is 1.40 bits per heavy atom. The molecule has 0 bridgehead atoms. The summed E-state index contributed by atoms with van der Waals surface area (Å²) in [7, 11) is 0. The van der Waals surface area contributed by atoms with E-state index in [-0.39, 0.29) is 24.7 Å². The molecule has 0 radical (unpaired) electrons. The van der Waals surface area contributed by atoms with E-state index >= 15 is 0 Å². The van der Waals surface area contributed by atoms with Crippen molar-refractivity contribution < 1.29 is 13.9 Å². The molecule has 6 heteroatoms. The van der Waals surface area contributed by atoms with Crippen LogP contribution in [0.3, 0.4) is 0 Å². The van der Waals surface area contributed by atoms with Gasteiger partial charge in [-0.05, 0) is 31.2 Å². The van der Waals surface area contributed by atoms with Crippen molar-refractivity contribution in [2.45, 2.75) is 12.8 Å². The molecule has 1 amide bonds. The predicted octanol–water partition coefficient (Wildman–Crippen LogP) is 2.18. The van der Waals surface area contributed by atoms with E-state index in [1.165, 1.54) is 6.07 Å². The number of nitrogens with one attached hydrogen (secondary N) is 1. The molecule has 1 aromatic rings. The lowest BCUT2D eigenvalue weighted by Gasteiger charge is -2.20. The Morgan fingerprint density at radius 2 is 2.25 bits per heavy atom. The van der Waals surface area contributed by atoms with Gasteiger partial charge in [-0.3, -0.25) is 4.79 Å². The molecule has 4 nitrogen and oxygen atoms in total. The van der Waals surface area contributed by atoms with Crippen LogP contribution in [0.5, 0.6) is 5.75 Å². The first-order chi connectivity index (χ1) is 9.66. The van der Waals surface area contributed by atoms with Crippen LogP contribution in [-0.2, 0) is 4.79 Å². The first-order valence-corrected chi connectivity index (χ1v) is 7.52. The number of benzene rings is 1. The lowest BCUT2D eigenvalue weighted by atomic mass is 10.3. The second-order valence-electron chi connectivity index (χ2n) is 4.66. The van der Waals surface area contributed by atoms with Gasteiger partial charge in [-0.2, -0.15) is 0 Å². The minimum atomic E-state index is -0.425. The molecule has 1 aliphatic heterocycles. The highest BCUT2D eigenvalue weighted by Gasteiger charge is 2.15. The van der Waals surface area contributed by atoms with Gasteiger partial charge in [0.25, 0.3) is 0 Å². The van der Waals surface area contributed by atoms with Crippen molar-refractivity contribution in [2.24, 2.45) is 0 Å². The quantitative estimate of drug-likeness (QED) is 0.910. The summed E-state index contributed by atoms with van der Waals surface area (Å²) in [6.07, 6.45) is 1.24. The maximum absolute atomic E-state index is 13.5. The van der Waals surface area contributed by atoms with Crippen molar-refractivity contribution in [1.82, 2.24) is 10.2 Å². The third-order valence-electron chi connectivity index (χ3n) is 3.16. The lowest BCUT2D eigenvalue weighted by molar-refractivity contribution is -0.131. The van der Waals surface area contributed by atoms with Crippen molar-refractivity contribution >= 4 is 21.8 Å². The third kappa shape index (κ3) is 4.45. The number of carbonyl (C=O) groups is 1. The minimum absolute atomic E-state index is 0.0613. The van der Waals surface area contributed by atoms with Gasteiger partial charge in [-0.15, -0.1) is 0 Å². The fraction of sp³-hybridized carbons (Fsp3) is 0.500. The van der Waals surface area contributed by atoms with E-state index in [0.717, 1.165) is 32.6 Å². The Labute approximate surface area is 126 Å². The summed E-state index contributed by atoms with van der Waals surface area (Å²) in [4.78, 5) is 13.8. The molecule has 0 atom stereocenters. The Kier molecular flexibility index (Phi) is 5.79. The standard InChI is InChI=1S/C14H18BrFN2O2/c15-11-2-3-13(12(16)10-11)20-9-4-14(19)18-7-1-5-17-6-8-18/h2-3,10,17H,1,4-9H2. The molecule has 1 saturated heterocycles. The van der Waals surface area contributed by atoms with Crippen LogP contribution in [0.1, 0.15) is 12.8 Å². The Bertz CT molecular complexity index is 462. The van der Waals surface area contributed by atoms with E-state index in [1.54, 1.807) is 12.1 Å². The van der Waals surface area contributed by atoms with Crippen molar-refractivity contribution in [1.29, 1.82) is 0 Å². The lowest BCUT2D eigenvalue weighted by Crippen LogP contribution is -2.34. The highest BCUT2D eigenvalue weighted by atomic mass is 79.9. The second-order valence-corrected chi connectivity index (χ2v) is 5.57. The molecule has 1 aromatic carbocycles. The summed E-state index contributed by atoms with van der Waals surface area (Å²) < 4.78 is 19.5. The molecule has 1 N–H and O–H groups in total. The average molecular weight is 345 g/mol. The summed E-state index contributed by atoms with van der Waals surface area (Å²) in [5, 5.41) is 3.25. The monoisotopic (exact) mass is 344 g/mol. The molecular weight excluding hydrogens is 327 g/mol. The molecule has 0 unspecified atom stereocenters. The predicted molar refractivity (Wildman–Crippen MR) is 78.3 cm³/mol. The van der Waals surface area contributed by atoms with E-state index in [2.05, 4.69) is 21.2 Å². The molecule has 110 valence electrons. The second kappa shape index (κ2) is 7.59. The van der Waals surface area contributed by atoms with Crippen molar-refractivity contribution in [3.63, 3.8) is 0 Å². The van der Waals surface area contributed by atoms with Gasteiger partial charge in [-0.25, -0.2) is 4.39 Å². The van der Waals surface area contributed by atoms with E-state index in [9.17, 15) is 9.18 Å². The summed E-state index contributed by atoms with van der Waals surface area (Å²) in [6.45, 7) is 3.48. The van der Waals surface area contributed by atoms with Gasteiger partial charge in [0, 0.05) is 24.1 Å². The zero-order valence-corrected chi connectivity index (χ0v) is 12.8.